The first-order valence-corrected chi connectivity index (χ1v) is 11.8. The molecule has 0 aliphatic heterocycles. The number of hydrogen-bond donors (Lipinski definition) is 2. The molecule has 0 radical (unpaired) electrons. The van der Waals surface area contributed by atoms with E-state index < -0.39 is 0 Å². The van der Waals surface area contributed by atoms with E-state index in [1.54, 1.807) is 22.8 Å². The van der Waals surface area contributed by atoms with Gasteiger partial charge in [-0.1, -0.05) is 57.0 Å². The number of aromatic nitrogens is 3. The number of hydrogen-bond acceptors (Lipinski definition) is 5. The van der Waals surface area contributed by atoms with Crippen LogP contribution < -0.4 is 10.6 Å². The van der Waals surface area contributed by atoms with Gasteiger partial charge in [-0.3, -0.25) is 9.59 Å². The molecule has 1 heterocycles. The molecule has 0 saturated heterocycles. The molecule has 2 amide bonds. The molecule has 166 valence electrons. The van der Waals surface area contributed by atoms with Crippen molar-refractivity contribution in [2.24, 2.45) is 0 Å². The fraction of sp³-hybridized carbons (Fsp3) is 0.143. The molecule has 0 aliphatic carbocycles. The summed E-state index contributed by atoms with van der Waals surface area (Å²) in [5.41, 5.74) is 1.09. The second kappa shape index (κ2) is 11.5. The first-order chi connectivity index (χ1) is 15.4. The van der Waals surface area contributed by atoms with Crippen molar-refractivity contribution >= 4 is 68.4 Å². The summed E-state index contributed by atoms with van der Waals surface area (Å²) in [7, 11) is 0. The SMILES string of the molecule is C=CCn1c(CNC(=O)c2ccc(Cl)c(Cl)c2)nnc1SCC(=O)Nc1ccc(Br)cc1. The number of benzene rings is 2. The predicted octanol–water partition coefficient (Wildman–Crippen LogP) is 5.19. The molecule has 0 unspecified atom stereocenters. The molecule has 7 nitrogen and oxygen atoms in total. The number of carbonyl (C=O) groups is 2. The van der Waals surface area contributed by atoms with Crippen LogP contribution in [0.2, 0.25) is 10.0 Å². The molecule has 0 atom stereocenters. The highest BCUT2D eigenvalue weighted by Crippen LogP contribution is 2.23. The lowest BCUT2D eigenvalue weighted by Crippen LogP contribution is -2.25. The van der Waals surface area contributed by atoms with E-state index in [1.807, 2.05) is 24.3 Å². The number of halogens is 3. The Kier molecular flexibility index (Phi) is 8.75. The van der Waals surface area contributed by atoms with Crippen molar-refractivity contribution in [2.75, 3.05) is 11.1 Å². The van der Waals surface area contributed by atoms with Crippen molar-refractivity contribution in [2.45, 2.75) is 18.2 Å². The number of anilines is 1. The Morgan fingerprint density at radius 1 is 1.12 bits per heavy atom. The average molecular weight is 555 g/mol. The Hall–Kier alpha value is -2.33. The van der Waals surface area contributed by atoms with Crippen LogP contribution in [0.5, 0.6) is 0 Å². The van der Waals surface area contributed by atoms with Gasteiger partial charge in [0, 0.05) is 22.3 Å². The van der Waals surface area contributed by atoms with Crippen LogP contribution in [0.1, 0.15) is 16.2 Å². The second-order valence-corrected chi connectivity index (χ2v) is 9.13. The summed E-state index contributed by atoms with van der Waals surface area (Å²) in [5, 5.41) is 15.1. The lowest BCUT2D eigenvalue weighted by Gasteiger charge is -2.09. The predicted molar refractivity (Wildman–Crippen MR) is 131 cm³/mol. The van der Waals surface area contributed by atoms with Crippen LogP contribution in [-0.2, 0) is 17.9 Å². The third-order valence-electron chi connectivity index (χ3n) is 4.15. The summed E-state index contributed by atoms with van der Waals surface area (Å²) in [6.07, 6.45) is 1.69. The Morgan fingerprint density at radius 2 is 1.88 bits per heavy atom. The monoisotopic (exact) mass is 553 g/mol. The number of allylic oxidation sites excluding steroid dienone is 1. The van der Waals surface area contributed by atoms with Gasteiger partial charge in [0.25, 0.3) is 5.91 Å². The molecular weight excluding hydrogens is 537 g/mol. The Labute approximate surface area is 207 Å². The second-order valence-electron chi connectivity index (χ2n) is 6.45. The topological polar surface area (TPSA) is 88.9 Å². The van der Waals surface area contributed by atoms with Gasteiger partial charge in [0.2, 0.25) is 5.91 Å². The van der Waals surface area contributed by atoms with Crippen molar-refractivity contribution in [3.05, 3.63) is 81.0 Å². The van der Waals surface area contributed by atoms with E-state index in [2.05, 4.69) is 43.3 Å². The fourth-order valence-electron chi connectivity index (χ4n) is 2.63. The molecule has 2 N–H and O–H groups in total. The molecular formula is C21H18BrCl2N5O2S. The minimum atomic E-state index is -0.320. The summed E-state index contributed by atoms with van der Waals surface area (Å²) >= 11 is 16.5. The van der Waals surface area contributed by atoms with E-state index in [9.17, 15) is 9.59 Å². The van der Waals surface area contributed by atoms with Crippen molar-refractivity contribution in [3.8, 4) is 0 Å². The van der Waals surface area contributed by atoms with Crippen LogP contribution in [0.15, 0.2) is 64.7 Å². The zero-order chi connectivity index (χ0) is 23.1. The fourth-order valence-corrected chi connectivity index (χ4v) is 3.96. The number of carbonyl (C=O) groups excluding carboxylic acids is 2. The lowest BCUT2D eigenvalue weighted by atomic mass is 10.2. The van der Waals surface area contributed by atoms with Gasteiger partial charge in [-0.25, -0.2) is 0 Å². The van der Waals surface area contributed by atoms with Gasteiger partial charge in [0.15, 0.2) is 11.0 Å². The molecule has 3 aromatic rings. The van der Waals surface area contributed by atoms with Crippen molar-refractivity contribution in [1.29, 1.82) is 0 Å². The van der Waals surface area contributed by atoms with Crippen LogP contribution in [-0.4, -0.2) is 32.3 Å². The van der Waals surface area contributed by atoms with Crippen molar-refractivity contribution in [1.82, 2.24) is 20.1 Å². The first-order valence-electron chi connectivity index (χ1n) is 9.32. The van der Waals surface area contributed by atoms with Crippen LogP contribution in [0.25, 0.3) is 0 Å². The molecule has 2 aromatic carbocycles. The minimum absolute atomic E-state index is 0.144. The zero-order valence-corrected chi connectivity index (χ0v) is 20.6. The van der Waals surface area contributed by atoms with E-state index in [-0.39, 0.29) is 24.1 Å². The molecule has 0 aliphatic rings. The van der Waals surface area contributed by atoms with Crippen LogP contribution in [0.3, 0.4) is 0 Å². The Balaban J connectivity index is 1.60. The molecule has 32 heavy (non-hydrogen) atoms. The number of nitrogens with one attached hydrogen (secondary N) is 2. The average Bonchev–Trinajstić information content (AvgIpc) is 3.16. The summed E-state index contributed by atoms with van der Waals surface area (Å²) in [4.78, 5) is 24.7. The number of amides is 2. The standard InChI is InChI=1S/C21H18BrCl2N5O2S/c1-2-9-29-18(11-25-20(31)13-3-8-16(23)17(24)10-13)27-28-21(29)32-12-19(30)26-15-6-4-14(22)5-7-15/h2-8,10H,1,9,11-12H2,(H,25,31)(H,26,30). The van der Waals surface area contributed by atoms with E-state index in [4.69, 9.17) is 23.2 Å². The van der Waals surface area contributed by atoms with Crippen LogP contribution in [0.4, 0.5) is 5.69 Å². The maximum Gasteiger partial charge on any atom is 0.251 e. The number of nitrogens with zero attached hydrogens (tertiary/aromatic N) is 3. The summed E-state index contributed by atoms with van der Waals surface area (Å²) in [6.45, 7) is 4.33. The maximum absolute atomic E-state index is 12.4. The molecule has 11 heteroatoms. The van der Waals surface area contributed by atoms with E-state index in [1.165, 1.54) is 17.8 Å². The van der Waals surface area contributed by atoms with Crippen LogP contribution >= 0.6 is 50.9 Å². The van der Waals surface area contributed by atoms with Crippen LogP contribution in [0, 0.1) is 0 Å². The summed E-state index contributed by atoms with van der Waals surface area (Å²) < 4.78 is 2.72. The number of thioether (sulfide) groups is 1. The summed E-state index contributed by atoms with van der Waals surface area (Å²) in [5.74, 6) is 0.204. The third-order valence-corrected chi connectivity index (χ3v) is 6.39. The number of rotatable bonds is 9. The first kappa shape index (κ1) is 24.3. The lowest BCUT2D eigenvalue weighted by molar-refractivity contribution is -0.113. The van der Waals surface area contributed by atoms with Gasteiger partial charge < -0.3 is 15.2 Å². The molecule has 0 fully saturated rings. The third kappa shape index (κ3) is 6.59. The van der Waals surface area contributed by atoms with Gasteiger partial charge in [-0.2, -0.15) is 0 Å². The minimum Gasteiger partial charge on any atom is -0.345 e. The molecule has 0 bridgehead atoms. The van der Waals surface area contributed by atoms with Crippen molar-refractivity contribution in [3.63, 3.8) is 0 Å². The zero-order valence-electron chi connectivity index (χ0n) is 16.6. The van der Waals surface area contributed by atoms with Gasteiger partial charge >= 0.3 is 0 Å². The van der Waals surface area contributed by atoms with Gasteiger partial charge in [0.1, 0.15) is 0 Å². The molecule has 3 rings (SSSR count). The highest BCUT2D eigenvalue weighted by molar-refractivity contribution is 9.10. The van der Waals surface area contributed by atoms with Gasteiger partial charge in [-0.05, 0) is 42.5 Å². The maximum atomic E-state index is 12.4. The van der Waals surface area contributed by atoms with E-state index in [0.717, 1.165) is 4.47 Å². The molecule has 0 spiro atoms. The van der Waals surface area contributed by atoms with Gasteiger partial charge in [-0.15, -0.1) is 16.8 Å². The molecule has 1 aromatic heterocycles. The Morgan fingerprint density at radius 3 is 2.56 bits per heavy atom. The van der Waals surface area contributed by atoms with E-state index >= 15 is 0 Å². The highest BCUT2D eigenvalue weighted by atomic mass is 79.9. The Bertz CT molecular complexity index is 1140. The largest absolute Gasteiger partial charge is 0.345 e. The molecule has 0 saturated carbocycles. The van der Waals surface area contributed by atoms with E-state index in [0.29, 0.717) is 38.8 Å². The van der Waals surface area contributed by atoms with Gasteiger partial charge in [0.05, 0.1) is 22.3 Å². The smallest absolute Gasteiger partial charge is 0.251 e. The highest BCUT2D eigenvalue weighted by Gasteiger charge is 2.15. The normalized spacial score (nSPS) is 10.6. The summed E-state index contributed by atoms with van der Waals surface area (Å²) in [6, 6.07) is 12.0. The quantitative estimate of drug-likeness (QED) is 0.280. The van der Waals surface area contributed by atoms with Crippen molar-refractivity contribution < 1.29 is 9.59 Å².